The molecule has 0 aliphatic carbocycles. The SMILES string of the molecule is CCOC(=O)NNC(=O)Cc1cn(-c2ccccc2)nc1-c1ccc(Cl)cc1. The topological polar surface area (TPSA) is 85.3 Å². The monoisotopic (exact) mass is 398 g/mol. The van der Waals surface area contributed by atoms with Crippen LogP contribution in [0.3, 0.4) is 0 Å². The Morgan fingerprint density at radius 1 is 1.07 bits per heavy atom. The smallest absolute Gasteiger partial charge is 0.426 e. The van der Waals surface area contributed by atoms with E-state index in [-0.39, 0.29) is 13.0 Å². The minimum atomic E-state index is -0.714. The molecule has 0 unspecified atom stereocenters. The van der Waals surface area contributed by atoms with Crippen LogP contribution in [0.25, 0.3) is 16.9 Å². The van der Waals surface area contributed by atoms with Crippen molar-refractivity contribution < 1.29 is 14.3 Å². The highest BCUT2D eigenvalue weighted by Gasteiger charge is 2.16. The van der Waals surface area contributed by atoms with Gasteiger partial charge >= 0.3 is 6.09 Å². The van der Waals surface area contributed by atoms with Crippen molar-refractivity contribution in [2.45, 2.75) is 13.3 Å². The van der Waals surface area contributed by atoms with Crippen LogP contribution in [0.2, 0.25) is 5.02 Å². The molecule has 28 heavy (non-hydrogen) atoms. The average Bonchev–Trinajstić information content (AvgIpc) is 3.11. The van der Waals surface area contributed by atoms with Gasteiger partial charge in [-0.15, -0.1) is 0 Å². The van der Waals surface area contributed by atoms with Gasteiger partial charge in [-0.1, -0.05) is 41.9 Å². The van der Waals surface area contributed by atoms with Gasteiger partial charge < -0.3 is 4.74 Å². The highest BCUT2D eigenvalue weighted by molar-refractivity contribution is 6.30. The maximum Gasteiger partial charge on any atom is 0.426 e. The summed E-state index contributed by atoms with van der Waals surface area (Å²) in [7, 11) is 0. The molecule has 0 saturated heterocycles. The Balaban J connectivity index is 1.85. The molecule has 7 nitrogen and oxygen atoms in total. The lowest BCUT2D eigenvalue weighted by Crippen LogP contribution is -2.42. The van der Waals surface area contributed by atoms with E-state index in [0.29, 0.717) is 16.3 Å². The van der Waals surface area contributed by atoms with Gasteiger partial charge in [-0.2, -0.15) is 5.10 Å². The van der Waals surface area contributed by atoms with Crippen LogP contribution in [0.4, 0.5) is 4.79 Å². The molecule has 3 aromatic rings. The molecule has 0 aliphatic rings. The van der Waals surface area contributed by atoms with E-state index in [1.807, 2.05) is 42.5 Å². The molecular weight excluding hydrogens is 380 g/mol. The largest absolute Gasteiger partial charge is 0.449 e. The van der Waals surface area contributed by atoms with Gasteiger partial charge in [0.1, 0.15) is 0 Å². The van der Waals surface area contributed by atoms with Crippen molar-refractivity contribution in [2.24, 2.45) is 0 Å². The van der Waals surface area contributed by atoms with E-state index in [9.17, 15) is 9.59 Å². The second kappa shape index (κ2) is 9.05. The summed E-state index contributed by atoms with van der Waals surface area (Å²) in [6, 6.07) is 16.8. The van der Waals surface area contributed by atoms with Crippen LogP contribution >= 0.6 is 11.6 Å². The van der Waals surface area contributed by atoms with E-state index in [1.54, 1.807) is 29.9 Å². The molecule has 2 amide bonds. The molecule has 0 atom stereocenters. The van der Waals surface area contributed by atoms with Crippen LogP contribution in [-0.4, -0.2) is 28.4 Å². The molecule has 0 fully saturated rings. The Kier molecular flexibility index (Phi) is 6.29. The van der Waals surface area contributed by atoms with E-state index in [1.165, 1.54) is 0 Å². The summed E-state index contributed by atoms with van der Waals surface area (Å²) in [5.74, 6) is -0.393. The number of hydrogen-bond donors (Lipinski definition) is 2. The van der Waals surface area contributed by atoms with Gasteiger partial charge in [0.05, 0.1) is 24.4 Å². The number of para-hydroxylation sites is 1. The van der Waals surface area contributed by atoms with Crippen molar-refractivity contribution in [1.82, 2.24) is 20.6 Å². The first-order valence-electron chi connectivity index (χ1n) is 8.68. The molecule has 0 spiro atoms. The van der Waals surface area contributed by atoms with Gasteiger partial charge in [0.15, 0.2) is 0 Å². The molecule has 2 aromatic carbocycles. The number of benzene rings is 2. The van der Waals surface area contributed by atoms with E-state index in [2.05, 4.69) is 16.0 Å². The number of carbonyl (C=O) groups excluding carboxylic acids is 2. The predicted octanol–water partition coefficient (Wildman–Crippen LogP) is 3.51. The number of nitrogens with one attached hydrogen (secondary N) is 2. The maximum absolute atomic E-state index is 12.3. The third kappa shape index (κ3) is 4.89. The summed E-state index contributed by atoms with van der Waals surface area (Å²) in [6.07, 6.45) is 1.11. The van der Waals surface area contributed by atoms with Gasteiger partial charge in [0.2, 0.25) is 5.91 Å². The molecule has 0 aliphatic heterocycles. The maximum atomic E-state index is 12.3. The number of amides is 2. The fourth-order valence-corrected chi connectivity index (χ4v) is 2.73. The molecular formula is C20H19ClN4O3. The lowest BCUT2D eigenvalue weighted by Gasteiger charge is -2.07. The Morgan fingerprint density at radius 2 is 1.79 bits per heavy atom. The molecule has 0 radical (unpaired) electrons. The number of ether oxygens (including phenoxy) is 1. The highest BCUT2D eigenvalue weighted by Crippen LogP contribution is 2.25. The van der Waals surface area contributed by atoms with E-state index in [4.69, 9.17) is 16.3 Å². The van der Waals surface area contributed by atoms with Crippen LogP contribution in [-0.2, 0) is 16.0 Å². The highest BCUT2D eigenvalue weighted by atomic mass is 35.5. The first kappa shape index (κ1) is 19.4. The van der Waals surface area contributed by atoms with Gasteiger partial charge in [0, 0.05) is 22.3 Å². The Labute approximate surface area is 167 Å². The lowest BCUT2D eigenvalue weighted by molar-refractivity contribution is -0.121. The predicted molar refractivity (Wildman–Crippen MR) is 106 cm³/mol. The fourth-order valence-electron chi connectivity index (χ4n) is 2.61. The quantitative estimate of drug-likeness (QED) is 0.644. The standard InChI is InChI=1S/C20H19ClN4O3/c1-2-28-20(27)23-22-18(26)12-15-13-25(17-6-4-3-5-7-17)24-19(15)14-8-10-16(21)11-9-14/h3-11,13H,2,12H2,1H3,(H,22,26)(H,23,27). The zero-order valence-electron chi connectivity index (χ0n) is 15.2. The van der Waals surface area contributed by atoms with Gasteiger partial charge in [0.25, 0.3) is 0 Å². The van der Waals surface area contributed by atoms with Crippen LogP contribution in [0, 0.1) is 0 Å². The second-order valence-corrected chi connectivity index (χ2v) is 6.30. The number of halogens is 1. The molecule has 8 heteroatoms. The first-order valence-corrected chi connectivity index (χ1v) is 9.06. The fraction of sp³-hybridized carbons (Fsp3) is 0.150. The summed E-state index contributed by atoms with van der Waals surface area (Å²) < 4.78 is 6.43. The third-order valence-electron chi connectivity index (χ3n) is 3.86. The molecule has 0 saturated carbocycles. The van der Waals surface area contributed by atoms with Crippen LogP contribution in [0.1, 0.15) is 12.5 Å². The Bertz CT molecular complexity index is 955. The van der Waals surface area contributed by atoms with Crippen molar-refractivity contribution in [3.63, 3.8) is 0 Å². The molecule has 0 bridgehead atoms. The minimum absolute atomic E-state index is 0.0250. The van der Waals surface area contributed by atoms with Crippen molar-refractivity contribution in [3.05, 3.63) is 71.4 Å². The van der Waals surface area contributed by atoms with Gasteiger partial charge in [-0.3, -0.25) is 10.2 Å². The van der Waals surface area contributed by atoms with Crippen molar-refractivity contribution in [1.29, 1.82) is 0 Å². The summed E-state index contributed by atoms with van der Waals surface area (Å²) in [4.78, 5) is 23.6. The first-order chi connectivity index (χ1) is 13.6. The molecule has 2 N–H and O–H groups in total. The van der Waals surface area contributed by atoms with Crippen LogP contribution in [0.5, 0.6) is 0 Å². The number of hydrazine groups is 1. The Hall–Kier alpha value is -3.32. The summed E-state index contributed by atoms with van der Waals surface area (Å²) in [5, 5.41) is 5.25. The van der Waals surface area contributed by atoms with E-state index in [0.717, 1.165) is 11.3 Å². The van der Waals surface area contributed by atoms with E-state index >= 15 is 0 Å². The van der Waals surface area contributed by atoms with Crippen molar-refractivity contribution in [2.75, 3.05) is 6.61 Å². The number of nitrogens with zero attached hydrogens (tertiary/aromatic N) is 2. The Morgan fingerprint density at radius 3 is 2.46 bits per heavy atom. The normalized spacial score (nSPS) is 10.4. The zero-order chi connectivity index (χ0) is 19.9. The summed E-state index contributed by atoms with van der Waals surface area (Å²) >= 11 is 5.98. The van der Waals surface area contributed by atoms with Crippen molar-refractivity contribution >= 4 is 23.6 Å². The minimum Gasteiger partial charge on any atom is -0.449 e. The van der Waals surface area contributed by atoms with Crippen LogP contribution < -0.4 is 10.9 Å². The van der Waals surface area contributed by atoms with Gasteiger partial charge in [-0.05, 0) is 31.2 Å². The summed E-state index contributed by atoms with van der Waals surface area (Å²) in [5.41, 5.74) is 7.60. The summed E-state index contributed by atoms with van der Waals surface area (Å²) in [6.45, 7) is 1.89. The number of rotatable bonds is 5. The van der Waals surface area contributed by atoms with Crippen molar-refractivity contribution in [3.8, 4) is 16.9 Å². The number of aromatic nitrogens is 2. The van der Waals surface area contributed by atoms with Crippen LogP contribution in [0.15, 0.2) is 60.8 Å². The molecule has 144 valence electrons. The molecule has 3 rings (SSSR count). The lowest BCUT2D eigenvalue weighted by atomic mass is 10.1. The van der Waals surface area contributed by atoms with Gasteiger partial charge in [-0.25, -0.2) is 14.9 Å². The number of hydrogen-bond acceptors (Lipinski definition) is 4. The van der Waals surface area contributed by atoms with E-state index < -0.39 is 12.0 Å². The third-order valence-corrected chi connectivity index (χ3v) is 4.11. The average molecular weight is 399 g/mol. The molecule has 1 aromatic heterocycles. The molecule has 1 heterocycles. The number of carbonyl (C=O) groups is 2. The second-order valence-electron chi connectivity index (χ2n) is 5.86. The zero-order valence-corrected chi connectivity index (χ0v) is 15.9.